The maximum atomic E-state index is 13.1. The molecule has 168 valence electrons. The molecule has 0 radical (unpaired) electrons. The second-order valence-electron chi connectivity index (χ2n) is 7.57. The van der Waals surface area contributed by atoms with Gasteiger partial charge in [0, 0.05) is 31.7 Å². The Balaban J connectivity index is 2.03. The number of carbonyl (C=O) groups is 1. The smallest absolute Gasteiger partial charge is 0.255 e. The lowest BCUT2D eigenvalue weighted by atomic mass is 10.0. The van der Waals surface area contributed by atoms with E-state index in [0.717, 1.165) is 16.8 Å². The number of benzene rings is 2. The first-order valence-electron chi connectivity index (χ1n) is 10.6. The van der Waals surface area contributed by atoms with Gasteiger partial charge in [0.1, 0.15) is 0 Å². The van der Waals surface area contributed by atoms with Crippen molar-refractivity contribution in [1.82, 2.24) is 4.31 Å². The van der Waals surface area contributed by atoms with Gasteiger partial charge in [-0.1, -0.05) is 26.0 Å². The van der Waals surface area contributed by atoms with Gasteiger partial charge in [0.15, 0.2) is 0 Å². The molecule has 0 bridgehead atoms. The van der Waals surface area contributed by atoms with E-state index in [-0.39, 0.29) is 10.8 Å². The minimum atomic E-state index is -3.65. The van der Waals surface area contributed by atoms with Crippen LogP contribution < -0.4 is 10.2 Å². The number of hydrogen-bond acceptors (Lipinski definition) is 5. The highest BCUT2D eigenvalue weighted by atomic mass is 32.2. The SMILES string of the molecule is CCN(CC)S(=O)(=O)c1ccc(N2CCOCC2)c(NC(=O)c2cccc(C)c2C)c1. The van der Waals surface area contributed by atoms with Crippen LogP contribution in [0.4, 0.5) is 11.4 Å². The molecule has 1 aliphatic heterocycles. The molecule has 2 aromatic rings. The number of sulfonamides is 1. The molecule has 0 atom stereocenters. The minimum Gasteiger partial charge on any atom is -0.378 e. The zero-order valence-corrected chi connectivity index (χ0v) is 19.5. The Morgan fingerprint density at radius 3 is 2.42 bits per heavy atom. The fourth-order valence-electron chi connectivity index (χ4n) is 3.76. The number of hydrogen-bond donors (Lipinski definition) is 1. The number of aryl methyl sites for hydroxylation is 1. The fraction of sp³-hybridized carbons (Fsp3) is 0.435. The van der Waals surface area contributed by atoms with E-state index in [1.165, 1.54) is 4.31 Å². The highest BCUT2D eigenvalue weighted by Gasteiger charge is 2.25. The van der Waals surface area contributed by atoms with Gasteiger partial charge < -0.3 is 15.0 Å². The topological polar surface area (TPSA) is 79.0 Å². The third-order valence-electron chi connectivity index (χ3n) is 5.76. The number of nitrogens with zero attached hydrogens (tertiary/aromatic N) is 2. The van der Waals surface area contributed by atoms with Crippen LogP contribution in [0.3, 0.4) is 0 Å². The van der Waals surface area contributed by atoms with E-state index in [2.05, 4.69) is 10.2 Å². The number of rotatable bonds is 7. The van der Waals surface area contributed by atoms with Gasteiger partial charge in [0.2, 0.25) is 10.0 Å². The predicted octanol–water partition coefficient (Wildman–Crippen LogP) is 3.42. The first-order valence-corrected chi connectivity index (χ1v) is 12.1. The van der Waals surface area contributed by atoms with Crippen LogP contribution in [-0.4, -0.2) is 58.0 Å². The van der Waals surface area contributed by atoms with Crippen LogP contribution in [0, 0.1) is 13.8 Å². The first-order chi connectivity index (χ1) is 14.8. The number of anilines is 2. The summed E-state index contributed by atoms with van der Waals surface area (Å²) in [4.78, 5) is 15.4. The van der Waals surface area contributed by atoms with Crippen LogP contribution >= 0.6 is 0 Å². The van der Waals surface area contributed by atoms with Crippen LogP contribution in [-0.2, 0) is 14.8 Å². The van der Waals surface area contributed by atoms with Crippen LogP contribution in [0.25, 0.3) is 0 Å². The Hall–Kier alpha value is -2.42. The van der Waals surface area contributed by atoms with Crippen molar-refractivity contribution < 1.29 is 17.9 Å². The van der Waals surface area contributed by atoms with E-state index >= 15 is 0 Å². The summed E-state index contributed by atoms with van der Waals surface area (Å²) < 4.78 is 33.0. The summed E-state index contributed by atoms with van der Waals surface area (Å²) in [7, 11) is -3.65. The lowest BCUT2D eigenvalue weighted by Crippen LogP contribution is -2.37. The third kappa shape index (κ3) is 4.92. The van der Waals surface area contributed by atoms with E-state index in [1.807, 2.05) is 39.8 Å². The van der Waals surface area contributed by atoms with Crippen LogP contribution in [0.1, 0.15) is 35.3 Å². The highest BCUT2D eigenvalue weighted by Crippen LogP contribution is 2.31. The molecular formula is C23H31N3O4S. The largest absolute Gasteiger partial charge is 0.378 e. The molecule has 7 nitrogen and oxygen atoms in total. The molecule has 0 unspecified atom stereocenters. The summed E-state index contributed by atoms with van der Waals surface area (Å²) in [5.74, 6) is -0.256. The molecule has 2 aromatic carbocycles. The lowest BCUT2D eigenvalue weighted by Gasteiger charge is -2.31. The van der Waals surface area contributed by atoms with Gasteiger partial charge in [-0.25, -0.2) is 8.42 Å². The molecule has 1 fully saturated rings. The fourth-order valence-corrected chi connectivity index (χ4v) is 5.24. The molecule has 0 saturated carbocycles. The van der Waals surface area contributed by atoms with Crippen molar-refractivity contribution in [1.29, 1.82) is 0 Å². The Bertz CT molecular complexity index is 1040. The van der Waals surface area contributed by atoms with Crippen LogP contribution in [0.2, 0.25) is 0 Å². The van der Waals surface area contributed by atoms with Gasteiger partial charge in [-0.15, -0.1) is 0 Å². The van der Waals surface area contributed by atoms with Gasteiger partial charge >= 0.3 is 0 Å². The zero-order valence-electron chi connectivity index (χ0n) is 18.6. The summed E-state index contributed by atoms with van der Waals surface area (Å²) in [6, 6.07) is 10.6. The number of amides is 1. The van der Waals surface area contributed by atoms with Crippen molar-refractivity contribution in [2.75, 3.05) is 49.6 Å². The normalized spacial score (nSPS) is 14.7. The molecule has 1 heterocycles. The van der Waals surface area contributed by atoms with Gasteiger partial charge in [-0.2, -0.15) is 4.31 Å². The van der Waals surface area contributed by atoms with E-state index in [1.54, 1.807) is 24.3 Å². The molecular weight excluding hydrogens is 414 g/mol. The van der Waals surface area contributed by atoms with Crippen molar-refractivity contribution >= 4 is 27.3 Å². The Morgan fingerprint density at radius 1 is 1.10 bits per heavy atom. The summed E-state index contributed by atoms with van der Waals surface area (Å²) in [5, 5.41) is 2.98. The standard InChI is InChI=1S/C23H31N3O4S/c1-5-26(6-2)31(28,29)19-10-11-22(25-12-14-30-15-13-25)21(16-19)24-23(27)20-9-7-8-17(3)18(20)4/h7-11,16H,5-6,12-15H2,1-4H3,(H,24,27). The first kappa shape index (κ1) is 23.2. The van der Waals surface area contributed by atoms with Gasteiger partial charge in [-0.05, 0) is 49.2 Å². The quantitative estimate of drug-likeness (QED) is 0.707. The molecule has 0 spiro atoms. The van der Waals surface area contributed by atoms with E-state index in [4.69, 9.17) is 4.74 Å². The monoisotopic (exact) mass is 445 g/mol. The number of ether oxygens (including phenoxy) is 1. The average molecular weight is 446 g/mol. The molecule has 0 aromatic heterocycles. The van der Waals surface area contributed by atoms with E-state index < -0.39 is 10.0 Å². The van der Waals surface area contributed by atoms with Crippen molar-refractivity contribution in [3.8, 4) is 0 Å². The molecule has 1 saturated heterocycles. The van der Waals surface area contributed by atoms with E-state index in [9.17, 15) is 13.2 Å². The zero-order chi connectivity index (χ0) is 22.6. The second kappa shape index (κ2) is 9.80. The molecule has 3 rings (SSSR count). The lowest BCUT2D eigenvalue weighted by molar-refractivity contribution is 0.102. The minimum absolute atomic E-state index is 0.171. The summed E-state index contributed by atoms with van der Waals surface area (Å²) >= 11 is 0. The van der Waals surface area contributed by atoms with Gasteiger partial charge in [-0.3, -0.25) is 4.79 Å². The number of carbonyl (C=O) groups excluding carboxylic acids is 1. The number of nitrogens with one attached hydrogen (secondary N) is 1. The summed E-state index contributed by atoms with van der Waals surface area (Å²) in [5.41, 5.74) is 3.78. The molecule has 0 aliphatic carbocycles. The van der Waals surface area contributed by atoms with Crippen molar-refractivity contribution in [3.05, 3.63) is 53.1 Å². The Kier molecular flexibility index (Phi) is 7.35. The van der Waals surface area contributed by atoms with Gasteiger partial charge in [0.05, 0.1) is 29.5 Å². The van der Waals surface area contributed by atoms with Crippen LogP contribution in [0.5, 0.6) is 0 Å². The van der Waals surface area contributed by atoms with Gasteiger partial charge in [0.25, 0.3) is 5.91 Å². The predicted molar refractivity (Wildman–Crippen MR) is 123 cm³/mol. The highest BCUT2D eigenvalue weighted by molar-refractivity contribution is 7.89. The Morgan fingerprint density at radius 2 is 1.77 bits per heavy atom. The molecule has 1 N–H and O–H groups in total. The van der Waals surface area contributed by atoms with Crippen LogP contribution in [0.15, 0.2) is 41.3 Å². The van der Waals surface area contributed by atoms with Crippen molar-refractivity contribution in [2.24, 2.45) is 0 Å². The third-order valence-corrected chi connectivity index (χ3v) is 7.81. The number of morpholine rings is 1. The van der Waals surface area contributed by atoms with E-state index in [0.29, 0.717) is 50.6 Å². The van der Waals surface area contributed by atoms with Crippen molar-refractivity contribution in [2.45, 2.75) is 32.6 Å². The summed E-state index contributed by atoms with van der Waals surface area (Å²) in [6.45, 7) is 10.8. The summed E-state index contributed by atoms with van der Waals surface area (Å²) in [6.07, 6.45) is 0. The maximum absolute atomic E-state index is 13.1. The second-order valence-corrected chi connectivity index (χ2v) is 9.51. The van der Waals surface area contributed by atoms with Crippen molar-refractivity contribution in [3.63, 3.8) is 0 Å². The average Bonchev–Trinajstić information content (AvgIpc) is 2.76. The molecule has 31 heavy (non-hydrogen) atoms. The maximum Gasteiger partial charge on any atom is 0.255 e. The molecule has 1 aliphatic rings. The Labute approximate surface area is 185 Å². The molecule has 8 heteroatoms. The molecule has 1 amide bonds.